The van der Waals surface area contributed by atoms with Crippen molar-refractivity contribution >= 4 is 10.8 Å². The third-order valence-electron chi connectivity index (χ3n) is 1.20. The SMILES string of the molecule is CCS(=O)CCNC(C)C. The standard InChI is InChI=1S/C7H17NOS/c1-4-10(9)6-5-8-7(2)3/h7-8H,4-6H2,1-3H3. The van der Waals surface area contributed by atoms with E-state index in [0.29, 0.717) is 6.04 Å². The Bertz CT molecular complexity index is 104. The monoisotopic (exact) mass is 163 g/mol. The van der Waals surface area contributed by atoms with Crippen LogP contribution in [0.5, 0.6) is 0 Å². The van der Waals surface area contributed by atoms with Crippen LogP contribution in [0.25, 0.3) is 0 Å². The highest BCUT2D eigenvalue weighted by Crippen LogP contribution is 1.81. The van der Waals surface area contributed by atoms with Crippen molar-refractivity contribution in [3.8, 4) is 0 Å². The van der Waals surface area contributed by atoms with E-state index < -0.39 is 10.8 Å². The highest BCUT2D eigenvalue weighted by molar-refractivity contribution is 7.84. The molecule has 0 rings (SSSR count). The van der Waals surface area contributed by atoms with Crippen molar-refractivity contribution in [1.29, 1.82) is 0 Å². The smallest absolute Gasteiger partial charge is 0.0360 e. The molecule has 0 radical (unpaired) electrons. The van der Waals surface area contributed by atoms with Gasteiger partial charge in [-0.2, -0.15) is 0 Å². The Morgan fingerprint density at radius 2 is 2.10 bits per heavy atom. The predicted molar refractivity (Wildman–Crippen MR) is 46.7 cm³/mol. The van der Waals surface area contributed by atoms with Crippen LogP contribution in [0.4, 0.5) is 0 Å². The van der Waals surface area contributed by atoms with Crippen molar-refractivity contribution in [1.82, 2.24) is 5.32 Å². The Morgan fingerprint density at radius 3 is 2.50 bits per heavy atom. The fourth-order valence-corrected chi connectivity index (χ4v) is 1.24. The molecule has 10 heavy (non-hydrogen) atoms. The molecule has 0 aromatic rings. The third-order valence-corrected chi connectivity index (χ3v) is 2.51. The summed E-state index contributed by atoms with van der Waals surface area (Å²) in [6, 6.07) is 0.508. The van der Waals surface area contributed by atoms with Crippen LogP contribution >= 0.6 is 0 Å². The molecule has 3 heteroatoms. The van der Waals surface area contributed by atoms with E-state index in [1.807, 2.05) is 6.92 Å². The summed E-state index contributed by atoms with van der Waals surface area (Å²) in [6.45, 7) is 7.01. The first-order chi connectivity index (χ1) is 4.66. The number of hydrogen-bond acceptors (Lipinski definition) is 2. The predicted octanol–water partition coefficient (Wildman–Crippen LogP) is 0.753. The summed E-state index contributed by atoms with van der Waals surface area (Å²) in [5, 5.41) is 3.22. The van der Waals surface area contributed by atoms with Gasteiger partial charge in [0, 0.05) is 34.9 Å². The average Bonchev–Trinajstić information content (AvgIpc) is 1.87. The number of rotatable bonds is 5. The van der Waals surface area contributed by atoms with Crippen molar-refractivity contribution in [3.63, 3.8) is 0 Å². The first-order valence-corrected chi connectivity index (χ1v) is 5.24. The zero-order chi connectivity index (χ0) is 7.98. The second-order valence-electron chi connectivity index (χ2n) is 2.54. The quantitative estimate of drug-likeness (QED) is 0.648. The second kappa shape index (κ2) is 5.86. The van der Waals surface area contributed by atoms with Gasteiger partial charge in [0.2, 0.25) is 0 Å². The van der Waals surface area contributed by atoms with Gasteiger partial charge in [0.25, 0.3) is 0 Å². The lowest BCUT2D eigenvalue weighted by molar-refractivity contribution is 0.610. The molecule has 0 saturated heterocycles. The first-order valence-electron chi connectivity index (χ1n) is 3.75. The molecule has 1 N–H and O–H groups in total. The Hall–Kier alpha value is 0.110. The van der Waals surface area contributed by atoms with Gasteiger partial charge in [-0.25, -0.2) is 0 Å². The van der Waals surface area contributed by atoms with Crippen molar-refractivity contribution in [2.24, 2.45) is 0 Å². The lowest BCUT2D eigenvalue weighted by Gasteiger charge is -2.05. The Balaban J connectivity index is 3.12. The normalized spacial score (nSPS) is 14.0. The Morgan fingerprint density at radius 1 is 1.50 bits per heavy atom. The summed E-state index contributed by atoms with van der Waals surface area (Å²) < 4.78 is 10.9. The summed E-state index contributed by atoms with van der Waals surface area (Å²) in [5.41, 5.74) is 0. The highest BCUT2D eigenvalue weighted by Gasteiger charge is 1.95. The van der Waals surface area contributed by atoms with E-state index in [9.17, 15) is 4.21 Å². The molecule has 0 heterocycles. The third kappa shape index (κ3) is 6.23. The molecule has 0 aliphatic heterocycles. The molecular weight excluding hydrogens is 146 g/mol. The van der Waals surface area contributed by atoms with Gasteiger partial charge < -0.3 is 5.32 Å². The van der Waals surface area contributed by atoms with Crippen LogP contribution in [0.15, 0.2) is 0 Å². The molecule has 0 bridgehead atoms. The van der Waals surface area contributed by atoms with Gasteiger partial charge in [-0.15, -0.1) is 0 Å². The maximum atomic E-state index is 10.9. The summed E-state index contributed by atoms with van der Waals surface area (Å²) in [6.07, 6.45) is 0. The lowest BCUT2D eigenvalue weighted by atomic mass is 10.4. The van der Waals surface area contributed by atoms with E-state index in [-0.39, 0.29) is 0 Å². The van der Waals surface area contributed by atoms with Crippen LogP contribution in [0.3, 0.4) is 0 Å². The molecule has 0 spiro atoms. The first kappa shape index (κ1) is 10.1. The Kier molecular flexibility index (Phi) is 5.93. The zero-order valence-corrected chi connectivity index (χ0v) is 7.83. The fourth-order valence-electron chi connectivity index (χ4n) is 0.606. The molecular formula is C7H17NOS. The van der Waals surface area contributed by atoms with Gasteiger partial charge in [0.1, 0.15) is 0 Å². The van der Waals surface area contributed by atoms with Gasteiger partial charge >= 0.3 is 0 Å². The van der Waals surface area contributed by atoms with E-state index in [2.05, 4.69) is 19.2 Å². The summed E-state index contributed by atoms with van der Waals surface area (Å²) in [5.74, 6) is 1.56. The summed E-state index contributed by atoms with van der Waals surface area (Å²) >= 11 is 0. The molecule has 1 unspecified atom stereocenters. The van der Waals surface area contributed by atoms with E-state index in [1.165, 1.54) is 0 Å². The maximum absolute atomic E-state index is 10.9. The average molecular weight is 163 g/mol. The van der Waals surface area contributed by atoms with E-state index in [0.717, 1.165) is 18.1 Å². The van der Waals surface area contributed by atoms with Crippen molar-refractivity contribution in [3.05, 3.63) is 0 Å². The molecule has 62 valence electrons. The second-order valence-corrected chi connectivity index (χ2v) is 4.41. The number of hydrogen-bond donors (Lipinski definition) is 1. The molecule has 2 nitrogen and oxygen atoms in total. The minimum atomic E-state index is -0.606. The van der Waals surface area contributed by atoms with Gasteiger partial charge in [0.15, 0.2) is 0 Å². The Labute approximate surface area is 65.9 Å². The van der Waals surface area contributed by atoms with Crippen molar-refractivity contribution in [2.75, 3.05) is 18.1 Å². The van der Waals surface area contributed by atoms with E-state index >= 15 is 0 Å². The molecule has 0 fully saturated rings. The van der Waals surface area contributed by atoms with E-state index in [1.54, 1.807) is 0 Å². The zero-order valence-electron chi connectivity index (χ0n) is 7.02. The minimum absolute atomic E-state index is 0.508. The van der Waals surface area contributed by atoms with Crippen LogP contribution in [-0.2, 0) is 10.8 Å². The summed E-state index contributed by atoms with van der Waals surface area (Å²) in [7, 11) is -0.606. The van der Waals surface area contributed by atoms with Crippen molar-refractivity contribution in [2.45, 2.75) is 26.8 Å². The summed E-state index contributed by atoms with van der Waals surface area (Å²) in [4.78, 5) is 0. The van der Waals surface area contributed by atoms with Gasteiger partial charge in [-0.1, -0.05) is 20.8 Å². The highest BCUT2D eigenvalue weighted by atomic mass is 32.2. The topological polar surface area (TPSA) is 29.1 Å². The largest absolute Gasteiger partial charge is 0.314 e. The van der Waals surface area contributed by atoms with E-state index in [4.69, 9.17) is 0 Å². The van der Waals surface area contributed by atoms with Crippen LogP contribution in [0.2, 0.25) is 0 Å². The molecule has 0 aliphatic carbocycles. The van der Waals surface area contributed by atoms with Crippen molar-refractivity contribution < 1.29 is 4.21 Å². The number of nitrogens with one attached hydrogen (secondary N) is 1. The van der Waals surface area contributed by atoms with Crippen LogP contribution in [0.1, 0.15) is 20.8 Å². The fraction of sp³-hybridized carbons (Fsp3) is 1.00. The molecule has 1 atom stereocenters. The lowest BCUT2D eigenvalue weighted by Crippen LogP contribution is -2.27. The molecule has 0 aromatic heterocycles. The molecule has 0 aliphatic rings. The van der Waals surface area contributed by atoms with Gasteiger partial charge in [-0.3, -0.25) is 4.21 Å². The van der Waals surface area contributed by atoms with Crippen LogP contribution in [0, 0.1) is 0 Å². The van der Waals surface area contributed by atoms with Crippen LogP contribution < -0.4 is 5.32 Å². The molecule has 0 aromatic carbocycles. The maximum Gasteiger partial charge on any atom is 0.0360 e. The van der Waals surface area contributed by atoms with Gasteiger partial charge in [-0.05, 0) is 0 Å². The van der Waals surface area contributed by atoms with Gasteiger partial charge in [0.05, 0.1) is 0 Å². The minimum Gasteiger partial charge on any atom is -0.314 e. The molecule has 0 saturated carbocycles. The van der Waals surface area contributed by atoms with Crippen LogP contribution in [-0.4, -0.2) is 28.3 Å². The molecule has 0 amide bonds.